The fourth-order valence-corrected chi connectivity index (χ4v) is 2.68. The van der Waals surface area contributed by atoms with E-state index in [0.29, 0.717) is 3.57 Å². The minimum Gasteiger partial charge on any atom is -0.394 e. The number of aliphatic hydroxyl groups excluding tert-OH is 1. The molecule has 2 rings (SSSR count). The minimum atomic E-state index is -0.392. The highest BCUT2D eigenvalue weighted by Crippen LogP contribution is 2.35. The van der Waals surface area contributed by atoms with Crippen LogP contribution in [0.5, 0.6) is 0 Å². The topological polar surface area (TPSA) is 75.4 Å². The number of halogens is 1. The molecule has 0 aliphatic heterocycles. The molecule has 0 radical (unpaired) electrons. The van der Waals surface area contributed by atoms with Crippen molar-refractivity contribution in [2.75, 3.05) is 11.9 Å². The van der Waals surface area contributed by atoms with E-state index in [1.54, 1.807) is 12.1 Å². The number of aliphatic hydroxyl groups is 1. The Morgan fingerprint density at radius 1 is 1.53 bits per heavy atom. The van der Waals surface area contributed by atoms with Crippen LogP contribution in [0.1, 0.15) is 19.3 Å². The molecular formula is C11H13IN2O3. The van der Waals surface area contributed by atoms with Crippen LogP contribution in [0.2, 0.25) is 0 Å². The highest BCUT2D eigenvalue weighted by atomic mass is 127. The van der Waals surface area contributed by atoms with Crippen LogP contribution in [0.15, 0.2) is 18.2 Å². The van der Waals surface area contributed by atoms with Crippen molar-refractivity contribution in [1.29, 1.82) is 0 Å². The van der Waals surface area contributed by atoms with E-state index in [4.69, 9.17) is 0 Å². The average Bonchev–Trinajstić information content (AvgIpc) is 2.23. The summed E-state index contributed by atoms with van der Waals surface area (Å²) in [5.41, 5.74) is 0.718. The third-order valence-corrected chi connectivity index (χ3v) is 4.03. The molecule has 0 unspecified atom stereocenters. The molecule has 2 N–H and O–H groups in total. The van der Waals surface area contributed by atoms with Gasteiger partial charge in [-0.1, -0.05) is 0 Å². The summed E-state index contributed by atoms with van der Waals surface area (Å²) in [5.74, 6) is 0. The van der Waals surface area contributed by atoms with Crippen molar-refractivity contribution in [2.45, 2.75) is 24.8 Å². The fourth-order valence-electron chi connectivity index (χ4n) is 1.97. The quantitative estimate of drug-likeness (QED) is 0.498. The molecule has 0 atom stereocenters. The molecule has 0 heterocycles. The lowest BCUT2D eigenvalue weighted by atomic mass is 9.77. The van der Waals surface area contributed by atoms with Crippen LogP contribution in [-0.4, -0.2) is 22.2 Å². The van der Waals surface area contributed by atoms with Crippen molar-refractivity contribution in [1.82, 2.24) is 0 Å². The summed E-state index contributed by atoms with van der Waals surface area (Å²) in [6.45, 7) is 0.0978. The van der Waals surface area contributed by atoms with Gasteiger partial charge in [-0.2, -0.15) is 0 Å². The van der Waals surface area contributed by atoms with E-state index in [0.717, 1.165) is 24.9 Å². The Labute approximate surface area is 113 Å². The Morgan fingerprint density at radius 2 is 2.24 bits per heavy atom. The smallest absolute Gasteiger partial charge is 0.282 e. The first-order valence-corrected chi connectivity index (χ1v) is 6.47. The maximum atomic E-state index is 10.7. The van der Waals surface area contributed by atoms with Crippen molar-refractivity contribution in [2.24, 2.45) is 0 Å². The van der Waals surface area contributed by atoms with Gasteiger partial charge in [-0.25, -0.2) is 0 Å². The normalized spacial score (nSPS) is 17.3. The number of nitrogens with one attached hydrogen (secondary N) is 1. The Morgan fingerprint density at radius 3 is 2.65 bits per heavy atom. The molecule has 0 aromatic heterocycles. The molecule has 1 aliphatic rings. The van der Waals surface area contributed by atoms with Gasteiger partial charge >= 0.3 is 0 Å². The molecule has 1 aromatic carbocycles. The number of nitrogens with zero attached hydrogens (tertiary/aromatic N) is 1. The Hall–Kier alpha value is -0.890. The monoisotopic (exact) mass is 348 g/mol. The van der Waals surface area contributed by atoms with Crippen molar-refractivity contribution in [3.8, 4) is 0 Å². The van der Waals surface area contributed by atoms with Gasteiger partial charge in [0.1, 0.15) is 0 Å². The fraction of sp³-hybridized carbons (Fsp3) is 0.455. The van der Waals surface area contributed by atoms with Crippen molar-refractivity contribution in [3.05, 3.63) is 31.9 Å². The highest BCUT2D eigenvalue weighted by Gasteiger charge is 2.36. The molecule has 5 nitrogen and oxygen atoms in total. The summed E-state index contributed by atoms with van der Waals surface area (Å²) in [4.78, 5) is 10.3. The van der Waals surface area contributed by atoms with Crippen LogP contribution in [0.3, 0.4) is 0 Å². The van der Waals surface area contributed by atoms with Gasteiger partial charge in [0, 0.05) is 11.8 Å². The number of nitro groups is 1. The lowest BCUT2D eigenvalue weighted by Gasteiger charge is -2.41. The average molecular weight is 348 g/mol. The van der Waals surface area contributed by atoms with Gasteiger partial charge in [0.2, 0.25) is 0 Å². The third-order valence-electron chi connectivity index (χ3n) is 3.17. The second-order valence-corrected chi connectivity index (χ2v) is 5.50. The molecule has 1 aliphatic carbocycles. The largest absolute Gasteiger partial charge is 0.394 e. The number of anilines is 1. The molecular weight excluding hydrogens is 335 g/mol. The summed E-state index contributed by atoms with van der Waals surface area (Å²) >= 11 is 1.95. The molecule has 1 aromatic rings. The van der Waals surface area contributed by atoms with E-state index in [1.807, 2.05) is 22.6 Å². The molecule has 6 heteroatoms. The molecule has 0 amide bonds. The maximum absolute atomic E-state index is 10.7. The molecule has 92 valence electrons. The minimum absolute atomic E-state index is 0.0978. The van der Waals surface area contributed by atoms with Crippen LogP contribution in [0.25, 0.3) is 0 Å². The van der Waals surface area contributed by atoms with E-state index in [-0.39, 0.29) is 17.8 Å². The molecule has 0 saturated heterocycles. The summed E-state index contributed by atoms with van der Waals surface area (Å²) in [6.07, 6.45) is 2.99. The van der Waals surface area contributed by atoms with Crippen LogP contribution in [0.4, 0.5) is 11.4 Å². The van der Waals surface area contributed by atoms with Crippen molar-refractivity contribution >= 4 is 34.0 Å². The third kappa shape index (κ3) is 2.52. The predicted molar refractivity (Wildman–Crippen MR) is 73.1 cm³/mol. The zero-order valence-corrected chi connectivity index (χ0v) is 11.3. The van der Waals surface area contributed by atoms with Gasteiger partial charge < -0.3 is 10.4 Å². The molecule has 1 fully saturated rings. The summed E-state index contributed by atoms with van der Waals surface area (Å²) < 4.78 is 0.602. The summed E-state index contributed by atoms with van der Waals surface area (Å²) in [7, 11) is 0. The zero-order valence-electron chi connectivity index (χ0n) is 9.15. The predicted octanol–water partition coefficient (Wildman–Crippen LogP) is 2.53. The van der Waals surface area contributed by atoms with Crippen LogP contribution in [-0.2, 0) is 0 Å². The van der Waals surface area contributed by atoms with Crippen LogP contribution in [0, 0.1) is 13.7 Å². The Bertz CT molecular complexity index is 441. The number of nitro benzene ring substituents is 1. The highest BCUT2D eigenvalue weighted by molar-refractivity contribution is 14.1. The first-order chi connectivity index (χ1) is 8.06. The Balaban J connectivity index is 2.17. The van der Waals surface area contributed by atoms with Crippen LogP contribution >= 0.6 is 22.6 Å². The SMILES string of the molecule is O=[N+]([O-])c1ccc(NC2(CO)CCC2)cc1I. The first-order valence-electron chi connectivity index (χ1n) is 5.39. The summed E-state index contributed by atoms with van der Waals surface area (Å²) in [5, 5.41) is 23.3. The van der Waals surface area contributed by atoms with Gasteiger partial charge in [0.05, 0.1) is 20.6 Å². The van der Waals surface area contributed by atoms with E-state index < -0.39 is 4.92 Å². The maximum Gasteiger partial charge on any atom is 0.282 e. The second-order valence-electron chi connectivity index (χ2n) is 4.34. The van der Waals surface area contributed by atoms with E-state index in [9.17, 15) is 15.2 Å². The molecule has 1 saturated carbocycles. The van der Waals surface area contributed by atoms with Crippen molar-refractivity contribution < 1.29 is 10.0 Å². The van der Waals surface area contributed by atoms with Gasteiger partial charge in [0.15, 0.2) is 0 Å². The van der Waals surface area contributed by atoms with E-state index in [2.05, 4.69) is 5.32 Å². The molecule has 0 spiro atoms. The Kier molecular flexibility index (Phi) is 3.53. The van der Waals surface area contributed by atoms with Gasteiger partial charge in [-0.15, -0.1) is 0 Å². The van der Waals surface area contributed by atoms with Crippen LogP contribution < -0.4 is 5.32 Å². The van der Waals surface area contributed by atoms with Gasteiger partial charge in [-0.3, -0.25) is 10.1 Å². The standard InChI is InChI=1S/C11H13IN2O3/c12-9-6-8(2-3-10(9)14(16)17)13-11(7-15)4-1-5-11/h2-3,6,13,15H,1,4-5,7H2. The molecule has 17 heavy (non-hydrogen) atoms. The van der Waals surface area contributed by atoms with Gasteiger partial charge in [0.25, 0.3) is 5.69 Å². The first kappa shape index (κ1) is 12.6. The van der Waals surface area contributed by atoms with Crippen molar-refractivity contribution in [3.63, 3.8) is 0 Å². The van der Waals surface area contributed by atoms with E-state index in [1.165, 1.54) is 6.07 Å². The lowest BCUT2D eigenvalue weighted by Crippen LogP contribution is -2.48. The number of hydrogen-bond acceptors (Lipinski definition) is 4. The second kappa shape index (κ2) is 4.77. The van der Waals surface area contributed by atoms with E-state index >= 15 is 0 Å². The lowest BCUT2D eigenvalue weighted by molar-refractivity contribution is -0.385. The van der Waals surface area contributed by atoms with Gasteiger partial charge in [-0.05, 0) is 54.0 Å². The number of benzene rings is 1. The molecule has 0 bridgehead atoms. The summed E-state index contributed by atoms with van der Waals surface area (Å²) in [6, 6.07) is 4.93. The zero-order chi connectivity index (χ0) is 12.5. The number of rotatable bonds is 4. The number of hydrogen-bond donors (Lipinski definition) is 2.